The third kappa shape index (κ3) is 4.61. The molecule has 0 aliphatic carbocycles. The van der Waals surface area contributed by atoms with Gasteiger partial charge in [0.15, 0.2) is 0 Å². The first-order valence-electron chi connectivity index (χ1n) is 5.24. The minimum atomic E-state index is -3.12. The Hall–Kier alpha value is -0.420. The molecule has 0 radical (unpaired) electrons. The van der Waals surface area contributed by atoms with Gasteiger partial charge in [-0.25, -0.2) is 0 Å². The van der Waals surface area contributed by atoms with Gasteiger partial charge in [-0.3, -0.25) is 9.36 Å². The largest absolute Gasteiger partial charge is 0.463 e. The van der Waals surface area contributed by atoms with Crippen molar-refractivity contribution in [1.82, 2.24) is 0 Å². The maximum Gasteiger partial charge on any atom is 0.331 e. The minimum Gasteiger partial charge on any atom is -0.463 e. The Labute approximate surface area is 94.4 Å². The molecule has 0 aromatic heterocycles. The predicted molar refractivity (Wildman–Crippen MR) is 56.3 cm³/mol. The average molecular weight is 252 g/mol. The summed E-state index contributed by atoms with van der Waals surface area (Å²) in [5.41, 5.74) is 0. The molecule has 6 nitrogen and oxygen atoms in total. The lowest BCUT2D eigenvalue weighted by atomic mass is 10.3. The number of rotatable bonds is 5. The fraction of sp³-hybridized carbons (Fsp3) is 0.889. The van der Waals surface area contributed by atoms with Crippen LogP contribution in [0.2, 0.25) is 0 Å². The summed E-state index contributed by atoms with van der Waals surface area (Å²) in [6.45, 7) is 1.96. The summed E-state index contributed by atoms with van der Waals surface area (Å²) >= 11 is 0. The Balaban J connectivity index is 2.30. The zero-order valence-corrected chi connectivity index (χ0v) is 10.2. The lowest BCUT2D eigenvalue weighted by Gasteiger charge is -2.27. The van der Waals surface area contributed by atoms with Crippen LogP contribution in [0.25, 0.3) is 0 Å². The van der Waals surface area contributed by atoms with E-state index in [2.05, 4.69) is 4.74 Å². The molecule has 2 atom stereocenters. The highest BCUT2D eigenvalue weighted by atomic mass is 31.2. The molecule has 1 N–H and O–H groups in total. The lowest BCUT2D eigenvalue weighted by molar-refractivity contribution is -0.144. The maximum atomic E-state index is 11.9. The molecule has 0 aromatic rings. The predicted octanol–water partition coefficient (Wildman–Crippen LogP) is 0.930. The minimum absolute atomic E-state index is 0.0238. The van der Waals surface area contributed by atoms with Crippen LogP contribution in [0.15, 0.2) is 0 Å². The van der Waals surface area contributed by atoms with Crippen molar-refractivity contribution in [3.8, 4) is 0 Å². The standard InChI is InChI=1S/C9H17O6P/c1-8-2-5-14-16(12,15-8)7-3-9(11)13-6-4-10/h8,10H,2-7H2,1H3. The molecule has 1 saturated heterocycles. The summed E-state index contributed by atoms with van der Waals surface area (Å²) in [4.78, 5) is 11.1. The number of aliphatic hydroxyl groups excluding tert-OH is 1. The number of aliphatic hydroxyl groups is 1. The van der Waals surface area contributed by atoms with Crippen LogP contribution >= 0.6 is 7.60 Å². The molecule has 7 heteroatoms. The quantitative estimate of drug-likeness (QED) is 0.579. The monoisotopic (exact) mass is 252 g/mol. The number of carbonyl (C=O) groups excluding carboxylic acids is 1. The van der Waals surface area contributed by atoms with E-state index in [0.717, 1.165) is 0 Å². The van der Waals surface area contributed by atoms with E-state index >= 15 is 0 Å². The van der Waals surface area contributed by atoms with Crippen molar-refractivity contribution in [2.24, 2.45) is 0 Å². The molecule has 2 unspecified atom stereocenters. The number of ether oxygens (including phenoxy) is 1. The van der Waals surface area contributed by atoms with Crippen LogP contribution in [-0.2, 0) is 23.1 Å². The lowest BCUT2D eigenvalue weighted by Crippen LogP contribution is -2.20. The van der Waals surface area contributed by atoms with Crippen LogP contribution in [0.4, 0.5) is 0 Å². The highest BCUT2D eigenvalue weighted by molar-refractivity contribution is 7.53. The molecule has 0 amide bonds. The Morgan fingerprint density at radius 1 is 1.62 bits per heavy atom. The molecule has 1 fully saturated rings. The Bertz CT molecular complexity index is 279. The zero-order chi connectivity index (χ0) is 12.0. The second-order valence-corrected chi connectivity index (χ2v) is 5.70. The number of hydrogen-bond donors (Lipinski definition) is 1. The summed E-state index contributed by atoms with van der Waals surface area (Å²) in [6, 6.07) is 0. The van der Waals surface area contributed by atoms with Crippen molar-refractivity contribution in [2.75, 3.05) is 26.0 Å². The molecule has 0 bridgehead atoms. The van der Waals surface area contributed by atoms with Crippen LogP contribution in [0.1, 0.15) is 19.8 Å². The molecule has 94 valence electrons. The normalized spacial score (nSPS) is 30.0. The molecule has 1 heterocycles. The second-order valence-electron chi connectivity index (χ2n) is 3.57. The first-order chi connectivity index (χ1) is 7.56. The van der Waals surface area contributed by atoms with Gasteiger partial charge in [-0.15, -0.1) is 0 Å². The fourth-order valence-electron chi connectivity index (χ4n) is 1.29. The first-order valence-corrected chi connectivity index (χ1v) is 6.97. The molecule has 1 aliphatic heterocycles. The number of esters is 1. The van der Waals surface area contributed by atoms with Gasteiger partial charge in [0.2, 0.25) is 0 Å². The second kappa shape index (κ2) is 6.35. The van der Waals surface area contributed by atoms with E-state index in [-0.39, 0.29) is 31.9 Å². The summed E-state index contributed by atoms with van der Waals surface area (Å²) in [5, 5.41) is 8.44. The van der Waals surface area contributed by atoms with Crippen LogP contribution in [0.5, 0.6) is 0 Å². The van der Waals surface area contributed by atoms with E-state index in [4.69, 9.17) is 14.2 Å². The van der Waals surface area contributed by atoms with Crippen molar-refractivity contribution < 1.29 is 28.3 Å². The topological polar surface area (TPSA) is 82.1 Å². The van der Waals surface area contributed by atoms with Gasteiger partial charge < -0.3 is 18.9 Å². The third-order valence-corrected chi connectivity index (χ3v) is 4.13. The smallest absolute Gasteiger partial charge is 0.331 e. The van der Waals surface area contributed by atoms with Gasteiger partial charge in [0.05, 0.1) is 31.9 Å². The fourth-order valence-corrected chi connectivity index (χ4v) is 3.08. The molecule has 16 heavy (non-hydrogen) atoms. The number of hydrogen-bond acceptors (Lipinski definition) is 6. The molecule has 0 aromatic carbocycles. The Morgan fingerprint density at radius 3 is 3.00 bits per heavy atom. The SMILES string of the molecule is CC1CCOP(=O)(CCC(=O)OCCO)O1. The molecular weight excluding hydrogens is 235 g/mol. The van der Waals surface area contributed by atoms with Gasteiger partial charge in [-0.2, -0.15) is 0 Å². The zero-order valence-electron chi connectivity index (χ0n) is 9.26. The molecule has 1 aliphatic rings. The van der Waals surface area contributed by atoms with E-state index in [0.29, 0.717) is 13.0 Å². The van der Waals surface area contributed by atoms with Crippen LogP contribution < -0.4 is 0 Å². The first kappa shape index (κ1) is 13.6. The molecule has 0 spiro atoms. The van der Waals surface area contributed by atoms with Crippen LogP contribution in [0.3, 0.4) is 0 Å². The average Bonchev–Trinajstić information content (AvgIpc) is 2.23. The number of carbonyl (C=O) groups is 1. The Morgan fingerprint density at radius 2 is 2.38 bits per heavy atom. The highest BCUT2D eigenvalue weighted by Crippen LogP contribution is 2.52. The van der Waals surface area contributed by atoms with Gasteiger partial charge in [0.25, 0.3) is 0 Å². The van der Waals surface area contributed by atoms with Crippen molar-refractivity contribution in [2.45, 2.75) is 25.9 Å². The summed E-state index contributed by atoms with van der Waals surface area (Å²) in [6.07, 6.45) is 0.609. The molecular formula is C9H17O6P. The maximum absolute atomic E-state index is 11.9. The summed E-state index contributed by atoms with van der Waals surface area (Å²) < 4.78 is 26.8. The van der Waals surface area contributed by atoms with Gasteiger partial charge in [0, 0.05) is 0 Å². The summed E-state index contributed by atoms with van der Waals surface area (Å²) in [7, 11) is -3.12. The van der Waals surface area contributed by atoms with E-state index in [1.807, 2.05) is 6.92 Å². The van der Waals surface area contributed by atoms with Gasteiger partial charge >= 0.3 is 13.6 Å². The van der Waals surface area contributed by atoms with Crippen LogP contribution in [-0.4, -0.2) is 43.2 Å². The van der Waals surface area contributed by atoms with Crippen molar-refractivity contribution >= 4 is 13.6 Å². The van der Waals surface area contributed by atoms with Gasteiger partial charge in [-0.1, -0.05) is 0 Å². The van der Waals surface area contributed by atoms with Crippen molar-refractivity contribution in [1.29, 1.82) is 0 Å². The highest BCUT2D eigenvalue weighted by Gasteiger charge is 2.32. The van der Waals surface area contributed by atoms with E-state index in [1.165, 1.54) is 0 Å². The Kier molecular flexibility index (Phi) is 5.41. The molecule has 1 rings (SSSR count). The van der Waals surface area contributed by atoms with Crippen molar-refractivity contribution in [3.05, 3.63) is 0 Å². The van der Waals surface area contributed by atoms with Gasteiger partial charge in [-0.05, 0) is 13.3 Å². The van der Waals surface area contributed by atoms with E-state index in [9.17, 15) is 9.36 Å². The van der Waals surface area contributed by atoms with Gasteiger partial charge in [0.1, 0.15) is 6.61 Å². The van der Waals surface area contributed by atoms with E-state index in [1.54, 1.807) is 0 Å². The van der Waals surface area contributed by atoms with Crippen LogP contribution in [0, 0.1) is 0 Å². The van der Waals surface area contributed by atoms with Crippen molar-refractivity contribution in [3.63, 3.8) is 0 Å². The summed E-state index contributed by atoms with van der Waals surface area (Å²) in [5.74, 6) is -0.505. The third-order valence-electron chi connectivity index (χ3n) is 2.10. The van der Waals surface area contributed by atoms with E-state index < -0.39 is 13.6 Å². The molecule has 0 saturated carbocycles.